The maximum Gasteiger partial charge on any atom is 0.282 e. The zero-order valence-corrected chi connectivity index (χ0v) is 14.1. The molecule has 2 N–H and O–H groups in total. The number of halogens is 4. The number of rotatable bonds is 3. The summed E-state index contributed by atoms with van der Waals surface area (Å²) in [5, 5.41) is 2.95. The van der Waals surface area contributed by atoms with Gasteiger partial charge in [-0.1, -0.05) is 0 Å². The number of aromatic amines is 1. The molecule has 9 heteroatoms. The summed E-state index contributed by atoms with van der Waals surface area (Å²) in [6.45, 7) is 0.733. The number of alkyl halides is 2. The van der Waals surface area contributed by atoms with E-state index in [2.05, 4.69) is 15.3 Å². The van der Waals surface area contributed by atoms with E-state index in [4.69, 9.17) is 0 Å². The van der Waals surface area contributed by atoms with E-state index in [1.54, 1.807) is 6.92 Å². The molecule has 0 saturated carbocycles. The summed E-state index contributed by atoms with van der Waals surface area (Å²) in [6, 6.07) is 3.46. The van der Waals surface area contributed by atoms with Crippen LogP contribution in [0, 0.1) is 18.6 Å². The van der Waals surface area contributed by atoms with Crippen LogP contribution >= 0.6 is 0 Å². The van der Waals surface area contributed by atoms with Crippen LogP contribution in [0.2, 0.25) is 0 Å². The molecule has 1 saturated heterocycles. The molecule has 1 aliphatic rings. The Morgan fingerprint density at radius 1 is 1.26 bits per heavy atom. The number of fused-ring (bicyclic) bond motifs is 1. The molecule has 0 aliphatic carbocycles. The Labute approximate surface area is 151 Å². The zero-order chi connectivity index (χ0) is 19.3. The number of carbonyl (C=O) groups excluding carboxylic acids is 1. The molecule has 0 bridgehead atoms. The Morgan fingerprint density at radius 3 is 2.67 bits per heavy atom. The van der Waals surface area contributed by atoms with Crippen LogP contribution in [-0.2, 0) is 0 Å². The van der Waals surface area contributed by atoms with Gasteiger partial charge in [0.25, 0.3) is 11.8 Å². The van der Waals surface area contributed by atoms with Crippen molar-refractivity contribution in [1.82, 2.24) is 9.97 Å². The van der Waals surface area contributed by atoms with Crippen molar-refractivity contribution in [3.05, 3.63) is 53.4 Å². The first kappa shape index (κ1) is 17.3. The fourth-order valence-corrected chi connectivity index (χ4v) is 3.16. The van der Waals surface area contributed by atoms with Crippen LogP contribution in [0.25, 0.3) is 10.9 Å². The second-order valence-corrected chi connectivity index (χ2v) is 6.49. The number of hydrogen-bond acceptors (Lipinski definition) is 3. The Morgan fingerprint density at radius 2 is 1.96 bits per heavy atom. The first-order valence-corrected chi connectivity index (χ1v) is 8.11. The lowest BCUT2D eigenvalue weighted by Crippen LogP contribution is -2.57. The molecule has 1 fully saturated rings. The average molecular weight is 378 g/mol. The standard InChI is InChI=1S/C18H14F4N4O/c1-9-10(2-3-23-16(9)26-7-18(21,22)8-26)17(27)25-15-6-24-14-5-13(20)12(19)4-11(14)15/h2-6,24H,7-8H2,1H3,(H,25,27). The van der Waals surface area contributed by atoms with E-state index >= 15 is 0 Å². The highest BCUT2D eigenvalue weighted by molar-refractivity contribution is 6.10. The molecule has 1 aromatic carbocycles. The average Bonchev–Trinajstić information content (AvgIpc) is 2.95. The van der Waals surface area contributed by atoms with Gasteiger partial charge in [0.05, 0.1) is 24.3 Å². The van der Waals surface area contributed by atoms with Crippen LogP contribution < -0.4 is 10.2 Å². The maximum atomic E-state index is 13.5. The monoisotopic (exact) mass is 378 g/mol. The SMILES string of the molecule is Cc1c(C(=O)Nc2c[nH]c3cc(F)c(F)cc23)ccnc1N1CC(F)(F)C1. The lowest BCUT2D eigenvalue weighted by atomic mass is 10.1. The summed E-state index contributed by atoms with van der Waals surface area (Å²) < 4.78 is 53.0. The Balaban J connectivity index is 1.62. The normalized spacial score (nSPS) is 15.7. The molecule has 1 aliphatic heterocycles. The molecule has 0 unspecified atom stereocenters. The summed E-state index contributed by atoms with van der Waals surface area (Å²) >= 11 is 0. The van der Waals surface area contributed by atoms with Crippen molar-refractivity contribution >= 4 is 28.3 Å². The number of amides is 1. The minimum absolute atomic E-state index is 0.257. The van der Waals surface area contributed by atoms with Crippen LogP contribution in [0.1, 0.15) is 15.9 Å². The Kier molecular flexibility index (Phi) is 3.83. The first-order chi connectivity index (χ1) is 12.7. The highest BCUT2D eigenvalue weighted by Gasteiger charge is 2.45. The van der Waals surface area contributed by atoms with Gasteiger partial charge < -0.3 is 15.2 Å². The smallest absolute Gasteiger partial charge is 0.282 e. The van der Waals surface area contributed by atoms with Crippen LogP contribution in [0.3, 0.4) is 0 Å². The van der Waals surface area contributed by atoms with Crippen molar-refractivity contribution in [3.63, 3.8) is 0 Å². The summed E-state index contributed by atoms with van der Waals surface area (Å²) in [4.78, 5) is 20.9. The number of nitrogens with one attached hydrogen (secondary N) is 2. The van der Waals surface area contributed by atoms with E-state index in [1.165, 1.54) is 23.4 Å². The summed E-state index contributed by atoms with van der Waals surface area (Å²) in [5.74, 6) is -4.97. The second-order valence-electron chi connectivity index (χ2n) is 6.49. The first-order valence-electron chi connectivity index (χ1n) is 8.11. The molecule has 3 heterocycles. The minimum atomic E-state index is -2.75. The fourth-order valence-electron chi connectivity index (χ4n) is 3.16. The van der Waals surface area contributed by atoms with Gasteiger partial charge in [0, 0.05) is 35.0 Å². The van der Waals surface area contributed by atoms with Gasteiger partial charge in [0.1, 0.15) is 5.82 Å². The molecule has 140 valence electrons. The molecule has 0 spiro atoms. The Hall–Kier alpha value is -3.10. The van der Waals surface area contributed by atoms with Gasteiger partial charge >= 0.3 is 0 Å². The summed E-state index contributed by atoms with van der Waals surface area (Å²) in [6.07, 6.45) is 2.80. The number of pyridine rings is 1. The second kappa shape index (κ2) is 5.97. The number of H-pyrrole nitrogens is 1. The van der Waals surface area contributed by atoms with E-state index in [9.17, 15) is 22.4 Å². The fraction of sp³-hybridized carbons (Fsp3) is 0.222. The van der Waals surface area contributed by atoms with Crippen LogP contribution in [-0.4, -0.2) is 34.9 Å². The molecule has 5 nitrogen and oxygen atoms in total. The number of nitrogens with zero attached hydrogens (tertiary/aromatic N) is 2. The zero-order valence-electron chi connectivity index (χ0n) is 14.1. The van der Waals surface area contributed by atoms with Crippen LogP contribution in [0.15, 0.2) is 30.6 Å². The largest absolute Gasteiger partial charge is 0.359 e. The third-order valence-corrected chi connectivity index (χ3v) is 4.54. The number of aromatic nitrogens is 2. The topological polar surface area (TPSA) is 61.0 Å². The van der Waals surface area contributed by atoms with Crippen molar-refractivity contribution < 1.29 is 22.4 Å². The molecule has 4 rings (SSSR count). The van der Waals surface area contributed by atoms with E-state index < -0.39 is 36.6 Å². The maximum absolute atomic E-state index is 13.5. The van der Waals surface area contributed by atoms with Crippen molar-refractivity contribution in [3.8, 4) is 0 Å². The molecular formula is C18H14F4N4O. The quantitative estimate of drug-likeness (QED) is 0.681. The predicted molar refractivity (Wildman–Crippen MR) is 92.3 cm³/mol. The number of anilines is 2. The van der Waals surface area contributed by atoms with Gasteiger partial charge in [-0.2, -0.15) is 0 Å². The van der Waals surface area contributed by atoms with Gasteiger partial charge in [0.15, 0.2) is 11.6 Å². The van der Waals surface area contributed by atoms with E-state index in [-0.39, 0.29) is 11.3 Å². The van der Waals surface area contributed by atoms with Gasteiger partial charge in [-0.05, 0) is 19.1 Å². The molecule has 3 aromatic rings. The minimum Gasteiger partial charge on any atom is -0.359 e. The summed E-state index contributed by atoms with van der Waals surface area (Å²) in [5.41, 5.74) is 1.33. The van der Waals surface area contributed by atoms with Crippen molar-refractivity contribution in [2.24, 2.45) is 0 Å². The van der Waals surface area contributed by atoms with Crippen molar-refractivity contribution in [2.75, 3.05) is 23.3 Å². The van der Waals surface area contributed by atoms with E-state index in [0.29, 0.717) is 22.3 Å². The molecular weight excluding hydrogens is 364 g/mol. The lowest BCUT2D eigenvalue weighted by Gasteiger charge is -2.40. The Bertz CT molecular complexity index is 1050. The molecule has 1 amide bonds. The van der Waals surface area contributed by atoms with E-state index in [0.717, 1.165) is 12.1 Å². The highest BCUT2D eigenvalue weighted by atomic mass is 19.3. The lowest BCUT2D eigenvalue weighted by molar-refractivity contribution is -0.0267. The highest BCUT2D eigenvalue weighted by Crippen LogP contribution is 2.33. The van der Waals surface area contributed by atoms with Gasteiger partial charge in [0.2, 0.25) is 0 Å². The molecule has 27 heavy (non-hydrogen) atoms. The number of hydrogen-bond donors (Lipinski definition) is 2. The number of benzene rings is 1. The van der Waals surface area contributed by atoms with Gasteiger partial charge in [-0.3, -0.25) is 4.79 Å². The van der Waals surface area contributed by atoms with Gasteiger partial charge in [-0.25, -0.2) is 22.5 Å². The number of carbonyl (C=O) groups is 1. The van der Waals surface area contributed by atoms with Crippen molar-refractivity contribution in [1.29, 1.82) is 0 Å². The molecule has 0 radical (unpaired) electrons. The molecule has 0 atom stereocenters. The van der Waals surface area contributed by atoms with Crippen LogP contribution in [0.4, 0.5) is 29.1 Å². The van der Waals surface area contributed by atoms with Crippen LogP contribution in [0.5, 0.6) is 0 Å². The molecule has 2 aromatic heterocycles. The van der Waals surface area contributed by atoms with E-state index in [1.807, 2.05) is 0 Å². The summed E-state index contributed by atoms with van der Waals surface area (Å²) in [7, 11) is 0. The third-order valence-electron chi connectivity index (χ3n) is 4.54. The van der Waals surface area contributed by atoms with Gasteiger partial charge in [-0.15, -0.1) is 0 Å². The predicted octanol–water partition coefficient (Wildman–Crippen LogP) is 3.86. The third kappa shape index (κ3) is 2.98. The van der Waals surface area contributed by atoms with Crippen molar-refractivity contribution in [2.45, 2.75) is 12.8 Å².